The van der Waals surface area contributed by atoms with E-state index < -0.39 is 0 Å². The van der Waals surface area contributed by atoms with Gasteiger partial charge in [0.05, 0.1) is 5.69 Å². The summed E-state index contributed by atoms with van der Waals surface area (Å²) >= 11 is 1.71. The predicted molar refractivity (Wildman–Crippen MR) is 90.2 cm³/mol. The van der Waals surface area contributed by atoms with Gasteiger partial charge in [0.15, 0.2) is 10.8 Å². The number of thiazole rings is 1. The molecule has 2 aromatic heterocycles. The van der Waals surface area contributed by atoms with Gasteiger partial charge in [-0.3, -0.25) is 4.40 Å². The van der Waals surface area contributed by atoms with Gasteiger partial charge in [-0.15, -0.1) is 11.3 Å². The van der Waals surface area contributed by atoms with Crippen molar-refractivity contribution < 1.29 is 0 Å². The van der Waals surface area contributed by atoms with Crippen LogP contribution in [0, 0.1) is 11.8 Å². The molecule has 1 aliphatic rings. The fraction of sp³-hybridized carbons (Fsp3) is 0.688. The number of piperidine rings is 1. The van der Waals surface area contributed by atoms with Crippen LogP contribution in [0.25, 0.3) is 4.96 Å². The van der Waals surface area contributed by atoms with Gasteiger partial charge in [0.2, 0.25) is 0 Å². The molecule has 0 saturated carbocycles. The number of fused-ring (bicyclic) bond motifs is 1. The van der Waals surface area contributed by atoms with Gasteiger partial charge in [0, 0.05) is 37.1 Å². The number of rotatable bonds is 4. The van der Waals surface area contributed by atoms with E-state index in [0.717, 1.165) is 42.7 Å². The van der Waals surface area contributed by atoms with E-state index in [1.165, 1.54) is 17.9 Å². The van der Waals surface area contributed by atoms with Crippen LogP contribution in [0.2, 0.25) is 0 Å². The van der Waals surface area contributed by atoms with Gasteiger partial charge in [0.25, 0.3) is 0 Å². The standard InChI is InChI=1S/C16H26N4S/c1-4-13(17)8-14-15(18-16-20(14)5-6-21-16)19-9-11(2)7-12(3)10-19/h5-6,11-13H,4,7-10,17H2,1-3H3. The Hall–Kier alpha value is -1.07. The maximum Gasteiger partial charge on any atom is 0.195 e. The van der Waals surface area contributed by atoms with Crippen molar-refractivity contribution in [2.24, 2.45) is 17.6 Å². The Morgan fingerprint density at radius 3 is 2.76 bits per heavy atom. The fourth-order valence-corrected chi connectivity index (χ4v) is 4.22. The van der Waals surface area contributed by atoms with E-state index in [1.54, 1.807) is 11.3 Å². The number of aromatic nitrogens is 2. The summed E-state index contributed by atoms with van der Waals surface area (Å²) in [6.45, 7) is 9.07. The average Bonchev–Trinajstić information content (AvgIpc) is 3.00. The van der Waals surface area contributed by atoms with Crippen LogP contribution in [-0.2, 0) is 6.42 Å². The lowest BCUT2D eigenvalue weighted by atomic mass is 9.92. The SMILES string of the molecule is CCC(N)Cc1c(N2CC(C)CC(C)C2)nc2sccn12. The quantitative estimate of drug-likeness (QED) is 0.944. The molecule has 2 N–H and O–H groups in total. The number of anilines is 1. The summed E-state index contributed by atoms with van der Waals surface area (Å²) < 4.78 is 2.24. The van der Waals surface area contributed by atoms with Crippen molar-refractivity contribution in [1.29, 1.82) is 0 Å². The molecule has 3 rings (SSSR count). The predicted octanol–water partition coefficient (Wildman–Crippen LogP) is 3.16. The Kier molecular flexibility index (Phi) is 4.22. The average molecular weight is 306 g/mol. The third-order valence-corrected chi connectivity index (χ3v) is 5.24. The molecule has 3 atom stereocenters. The lowest BCUT2D eigenvalue weighted by Crippen LogP contribution is -2.39. The van der Waals surface area contributed by atoms with E-state index in [-0.39, 0.29) is 6.04 Å². The van der Waals surface area contributed by atoms with Crippen molar-refractivity contribution in [1.82, 2.24) is 9.38 Å². The van der Waals surface area contributed by atoms with Gasteiger partial charge in [0.1, 0.15) is 0 Å². The van der Waals surface area contributed by atoms with Crippen molar-refractivity contribution in [3.63, 3.8) is 0 Å². The molecule has 5 heteroatoms. The molecule has 1 saturated heterocycles. The molecule has 2 aromatic rings. The fourth-order valence-electron chi connectivity index (χ4n) is 3.49. The summed E-state index contributed by atoms with van der Waals surface area (Å²) in [5, 5.41) is 2.11. The summed E-state index contributed by atoms with van der Waals surface area (Å²) in [5.74, 6) is 2.64. The lowest BCUT2D eigenvalue weighted by Gasteiger charge is -2.36. The Morgan fingerprint density at radius 1 is 1.38 bits per heavy atom. The molecular weight excluding hydrogens is 280 g/mol. The maximum absolute atomic E-state index is 6.22. The van der Waals surface area contributed by atoms with Crippen LogP contribution in [0.3, 0.4) is 0 Å². The van der Waals surface area contributed by atoms with Crippen LogP contribution in [0.5, 0.6) is 0 Å². The van der Waals surface area contributed by atoms with Gasteiger partial charge in [-0.1, -0.05) is 20.8 Å². The topological polar surface area (TPSA) is 46.6 Å². The van der Waals surface area contributed by atoms with Crippen LogP contribution in [0.1, 0.15) is 39.3 Å². The van der Waals surface area contributed by atoms with E-state index in [9.17, 15) is 0 Å². The first-order valence-electron chi connectivity index (χ1n) is 8.03. The molecule has 1 aliphatic heterocycles. The monoisotopic (exact) mass is 306 g/mol. The van der Waals surface area contributed by atoms with E-state index in [0.29, 0.717) is 0 Å². The highest BCUT2D eigenvalue weighted by atomic mass is 32.1. The zero-order chi connectivity index (χ0) is 15.0. The van der Waals surface area contributed by atoms with Crippen molar-refractivity contribution in [3.8, 4) is 0 Å². The first kappa shape index (κ1) is 14.9. The van der Waals surface area contributed by atoms with Gasteiger partial charge < -0.3 is 10.6 Å². The number of hydrogen-bond donors (Lipinski definition) is 1. The molecule has 3 heterocycles. The normalized spacial score (nSPS) is 24.7. The Bertz CT molecular complexity index is 592. The van der Waals surface area contributed by atoms with Crippen molar-refractivity contribution in [2.45, 2.75) is 46.1 Å². The second-order valence-corrected chi connectivity index (χ2v) is 7.53. The molecule has 0 bridgehead atoms. The molecule has 0 radical (unpaired) electrons. The highest BCUT2D eigenvalue weighted by Gasteiger charge is 2.27. The molecule has 0 aliphatic carbocycles. The van der Waals surface area contributed by atoms with Crippen LogP contribution < -0.4 is 10.6 Å². The zero-order valence-electron chi connectivity index (χ0n) is 13.2. The molecule has 3 unspecified atom stereocenters. The Labute approximate surface area is 131 Å². The first-order valence-corrected chi connectivity index (χ1v) is 8.91. The van der Waals surface area contributed by atoms with Gasteiger partial charge in [-0.05, 0) is 24.7 Å². The molecule has 116 valence electrons. The van der Waals surface area contributed by atoms with Crippen LogP contribution in [0.15, 0.2) is 11.6 Å². The lowest BCUT2D eigenvalue weighted by molar-refractivity contribution is 0.355. The molecule has 0 aromatic carbocycles. The number of imidazole rings is 1. The molecule has 4 nitrogen and oxygen atoms in total. The summed E-state index contributed by atoms with van der Waals surface area (Å²) in [6.07, 6.45) is 5.36. The maximum atomic E-state index is 6.22. The minimum absolute atomic E-state index is 0.211. The summed E-state index contributed by atoms with van der Waals surface area (Å²) in [6, 6.07) is 0.211. The van der Waals surface area contributed by atoms with Crippen molar-refractivity contribution in [3.05, 3.63) is 17.3 Å². The highest BCUT2D eigenvalue weighted by molar-refractivity contribution is 7.15. The molecular formula is C16H26N4S. The van der Waals surface area contributed by atoms with Crippen LogP contribution in [-0.4, -0.2) is 28.5 Å². The Morgan fingerprint density at radius 2 is 2.10 bits per heavy atom. The second-order valence-electron chi connectivity index (χ2n) is 6.66. The highest BCUT2D eigenvalue weighted by Crippen LogP contribution is 2.31. The summed E-state index contributed by atoms with van der Waals surface area (Å²) in [5.41, 5.74) is 7.51. The van der Waals surface area contributed by atoms with Crippen molar-refractivity contribution >= 4 is 22.1 Å². The van der Waals surface area contributed by atoms with E-state index in [1.807, 2.05) is 0 Å². The molecule has 0 spiro atoms. The minimum Gasteiger partial charge on any atom is -0.355 e. The minimum atomic E-state index is 0.211. The molecule has 1 fully saturated rings. The summed E-state index contributed by atoms with van der Waals surface area (Å²) in [4.78, 5) is 8.48. The third-order valence-electron chi connectivity index (χ3n) is 4.49. The summed E-state index contributed by atoms with van der Waals surface area (Å²) in [7, 11) is 0. The van der Waals surface area contributed by atoms with Crippen LogP contribution in [0.4, 0.5) is 5.82 Å². The van der Waals surface area contributed by atoms with E-state index in [2.05, 4.69) is 41.6 Å². The number of nitrogens with zero attached hydrogens (tertiary/aromatic N) is 3. The van der Waals surface area contributed by atoms with E-state index in [4.69, 9.17) is 10.7 Å². The second kappa shape index (κ2) is 5.97. The van der Waals surface area contributed by atoms with Crippen LogP contribution >= 0.6 is 11.3 Å². The van der Waals surface area contributed by atoms with E-state index >= 15 is 0 Å². The number of nitrogens with two attached hydrogens (primary N) is 1. The van der Waals surface area contributed by atoms with Gasteiger partial charge >= 0.3 is 0 Å². The molecule has 21 heavy (non-hydrogen) atoms. The smallest absolute Gasteiger partial charge is 0.195 e. The Balaban J connectivity index is 1.96. The number of hydrogen-bond acceptors (Lipinski definition) is 4. The van der Waals surface area contributed by atoms with Crippen molar-refractivity contribution in [2.75, 3.05) is 18.0 Å². The largest absolute Gasteiger partial charge is 0.355 e. The zero-order valence-corrected chi connectivity index (χ0v) is 14.1. The molecule has 0 amide bonds. The van der Waals surface area contributed by atoms with Gasteiger partial charge in [-0.25, -0.2) is 4.98 Å². The first-order chi connectivity index (χ1) is 10.1. The third kappa shape index (κ3) is 2.94. The van der Waals surface area contributed by atoms with Gasteiger partial charge in [-0.2, -0.15) is 0 Å².